The zero-order valence-electron chi connectivity index (χ0n) is 13.3. The van der Waals surface area contributed by atoms with Gasteiger partial charge in [0.1, 0.15) is 0 Å². The fraction of sp³-hybridized carbons (Fsp3) is 0.684. The molecule has 0 saturated heterocycles. The first-order valence-electron chi connectivity index (χ1n) is 8.58. The molecule has 0 radical (unpaired) electrons. The maximum atomic E-state index is 3.83. The van der Waals surface area contributed by atoms with Gasteiger partial charge in [-0.15, -0.1) is 0 Å². The SMILES string of the molecule is CCCNC(CCCc1ccccc1)C1CCCC1C. The molecule has 112 valence electrons. The molecule has 20 heavy (non-hydrogen) atoms. The lowest BCUT2D eigenvalue weighted by Gasteiger charge is -2.28. The van der Waals surface area contributed by atoms with E-state index in [1.54, 1.807) is 0 Å². The highest BCUT2D eigenvalue weighted by Gasteiger charge is 2.29. The Hall–Kier alpha value is -0.820. The van der Waals surface area contributed by atoms with Crippen LogP contribution in [-0.4, -0.2) is 12.6 Å². The van der Waals surface area contributed by atoms with Gasteiger partial charge in [0.15, 0.2) is 0 Å². The Morgan fingerprint density at radius 2 is 2.00 bits per heavy atom. The smallest absolute Gasteiger partial charge is 0.00979 e. The third-order valence-corrected chi connectivity index (χ3v) is 4.92. The largest absolute Gasteiger partial charge is 0.314 e. The van der Waals surface area contributed by atoms with Gasteiger partial charge in [0.25, 0.3) is 0 Å². The zero-order chi connectivity index (χ0) is 14.2. The van der Waals surface area contributed by atoms with Crippen molar-refractivity contribution in [2.75, 3.05) is 6.54 Å². The highest BCUT2D eigenvalue weighted by atomic mass is 14.9. The Balaban J connectivity index is 1.81. The molecule has 1 heteroatoms. The predicted molar refractivity (Wildman–Crippen MR) is 88.0 cm³/mol. The van der Waals surface area contributed by atoms with Gasteiger partial charge in [-0.1, -0.05) is 57.0 Å². The van der Waals surface area contributed by atoms with Crippen molar-refractivity contribution in [3.05, 3.63) is 35.9 Å². The summed E-state index contributed by atoms with van der Waals surface area (Å²) in [6, 6.07) is 11.7. The Bertz CT molecular complexity index is 359. The molecule has 2 rings (SSSR count). The second-order valence-corrected chi connectivity index (χ2v) is 6.51. The number of hydrogen-bond donors (Lipinski definition) is 1. The minimum absolute atomic E-state index is 0.746. The van der Waals surface area contributed by atoms with Gasteiger partial charge in [-0.3, -0.25) is 0 Å². The maximum Gasteiger partial charge on any atom is 0.00979 e. The first-order valence-corrected chi connectivity index (χ1v) is 8.58. The van der Waals surface area contributed by atoms with Crippen molar-refractivity contribution in [2.45, 2.75) is 64.8 Å². The van der Waals surface area contributed by atoms with Gasteiger partial charge < -0.3 is 5.32 Å². The van der Waals surface area contributed by atoms with Crippen LogP contribution in [0, 0.1) is 11.8 Å². The molecule has 0 aliphatic heterocycles. The summed E-state index contributed by atoms with van der Waals surface area (Å²) in [7, 11) is 0. The molecule has 1 N–H and O–H groups in total. The van der Waals surface area contributed by atoms with Gasteiger partial charge >= 0.3 is 0 Å². The topological polar surface area (TPSA) is 12.0 Å². The number of benzene rings is 1. The number of nitrogens with one attached hydrogen (secondary N) is 1. The van der Waals surface area contributed by atoms with Crippen molar-refractivity contribution < 1.29 is 0 Å². The van der Waals surface area contributed by atoms with Gasteiger partial charge in [-0.25, -0.2) is 0 Å². The lowest BCUT2D eigenvalue weighted by atomic mass is 9.87. The van der Waals surface area contributed by atoms with Gasteiger partial charge in [-0.2, -0.15) is 0 Å². The van der Waals surface area contributed by atoms with Crippen LogP contribution in [0.2, 0.25) is 0 Å². The Morgan fingerprint density at radius 3 is 2.65 bits per heavy atom. The van der Waals surface area contributed by atoms with E-state index in [1.807, 2.05) is 0 Å². The lowest BCUT2D eigenvalue weighted by Crippen LogP contribution is -2.38. The van der Waals surface area contributed by atoms with Gasteiger partial charge in [0.2, 0.25) is 0 Å². The second-order valence-electron chi connectivity index (χ2n) is 6.51. The van der Waals surface area contributed by atoms with Crippen molar-refractivity contribution in [1.82, 2.24) is 5.32 Å². The monoisotopic (exact) mass is 273 g/mol. The van der Waals surface area contributed by atoms with Gasteiger partial charge in [-0.05, 0) is 56.0 Å². The molecule has 1 aromatic carbocycles. The van der Waals surface area contributed by atoms with E-state index in [0.717, 1.165) is 17.9 Å². The van der Waals surface area contributed by atoms with Crippen molar-refractivity contribution in [1.29, 1.82) is 0 Å². The maximum absolute atomic E-state index is 3.83. The summed E-state index contributed by atoms with van der Waals surface area (Å²) in [5.74, 6) is 1.83. The van der Waals surface area contributed by atoms with Crippen molar-refractivity contribution in [3.8, 4) is 0 Å². The molecular formula is C19H31N. The zero-order valence-corrected chi connectivity index (χ0v) is 13.3. The highest BCUT2D eigenvalue weighted by Crippen LogP contribution is 2.35. The van der Waals surface area contributed by atoms with Crippen molar-refractivity contribution >= 4 is 0 Å². The molecule has 1 fully saturated rings. The van der Waals surface area contributed by atoms with E-state index in [9.17, 15) is 0 Å². The van der Waals surface area contributed by atoms with Gasteiger partial charge in [0, 0.05) is 6.04 Å². The Morgan fingerprint density at radius 1 is 1.20 bits per heavy atom. The van der Waals surface area contributed by atoms with E-state index < -0.39 is 0 Å². The van der Waals surface area contributed by atoms with Gasteiger partial charge in [0.05, 0.1) is 0 Å². The molecule has 1 aromatic rings. The number of aryl methyl sites for hydroxylation is 1. The summed E-state index contributed by atoms with van der Waals surface area (Å²) in [5, 5.41) is 3.83. The van der Waals surface area contributed by atoms with Crippen molar-refractivity contribution in [2.24, 2.45) is 11.8 Å². The van der Waals surface area contributed by atoms with E-state index in [1.165, 1.54) is 57.1 Å². The first-order chi connectivity index (χ1) is 9.81. The minimum Gasteiger partial charge on any atom is -0.314 e. The summed E-state index contributed by atoms with van der Waals surface area (Å²) in [6.45, 7) is 5.90. The predicted octanol–water partition coefficient (Wildman–Crippen LogP) is 4.81. The Kier molecular flexibility index (Phi) is 6.59. The highest BCUT2D eigenvalue weighted by molar-refractivity contribution is 5.14. The normalized spacial score (nSPS) is 23.9. The van der Waals surface area contributed by atoms with Crippen LogP contribution < -0.4 is 5.32 Å². The fourth-order valence-corrected chi connectivity index (χ4v) is 3.74. The molecular weight excluding hydrogens is 242 g/mol. The number of hydrogen-bond acceptors (Lipinski definition) is 1. The van der Waals surface area contributed by atoms with Crippen molar-refractivity contribution in [3.63, 3.8) is 0 Å². The summed E-state index contributed by atoms with van der Waals surface area (Å²) in [6.07, 6.45) is 9.44. The average Bonchev–Trinajstić information content (AvgIpc) is 2.90. The molecule has 0 aromatic heterocycles. The van der Waals surface area contributed by atoms with Crippen LogP contribution >= 0.6 is 0 Å². The lowest BCUT2D eigenvalue weighted by molar-refractivity contribution is 0.280. The molecule has 1 aliphatic rings. The summed E-state index contributed by atoms with van der Waals surface area (Å²) in [5.41, 5.74) is 1.49. The molecule has 1 nitrogen and oxygen atoms in total. The summed E-state index contributed by atoms with van der Waals surface area (Å²) < 4.78 is 0. The summed E-state index contributed by atoms with van der Waals surface area (Å²) >= 11 is 0. The quantitative estimate of drug-likeness (QED) is 0.716. The standard InChI is InChI=1S/C19H31N/c1-3-15-20-19(18-13-7-9-16(18)2)14-8-12-17-10-5-4-6-11-17/h4-6,10-11,16,18-20H,3,7-9,12-15H2,1-2H3. The fourth-order valence-electron chi connectivity index (χ4n) is 3.74. The minimum atomic E-state index is 0.746. The third-order valence-electron chi connectivity index (χ3n) is 4.92. The molecule has 0 heterocycles. The van der Waals surface area contributed by atoms with Crippen LogP contribution in [-0.2, 0) is 6.42 Å². The molecule has 3 atom stereocenters. The number of rotatable bonds is 8. The van der Waals surface area contributed by atoms with Crippen LogP contribution in [0.5, 0.6) is 0 Å². The first kappa shape index (κ1) is 15.6. The molecule has 0 spiro atoms. The Labute approximate surface area is 125 Å². The molecule has 0 amide bonds. The van der Waals surface area contributed by atoms with E-state index in [2.05, 4.69) is 49.5 Å². The average molecular weight is 273 g/mol. The molecule has 0 bridgehead atoms. The molecule has 1 aliphatic carbocycles. The van der Waals surface area contributed by atoms with Crippen LogP contribution in [0.3, 0.4) is 0 Å². The van der Waals surface area contributed by atoms with E-state index in [0.29, 0.717) is 0 Å². The molecule has 1 saturated carbocycles. The summed E-state index contributed by atoms with van der Waals surface area (Å²) in [4.78, 5) is 0. The van der Waals surface area contributed by atoms with Crippen LogP contribution in [0.4, 0.5) is 0 Å². The van der Waals surface area contributed by atoms with Crippen LogP contribution in [0.1, 0.15) is 57.9 Å². The van der Waals surface area contributed by atoms with Crippen LogP contribution in [0.25, 0.3) is 0 Å². The van der Waals surface area contributed by atoms with E-state index in [-0.39, 0.29) is 0 Å². The van der Waals surface area contributed by atoms with Crippen LogP contribution in [0.15, 0.2) is 30.3 Å². The van der Waals surface area contributed by atoms with E-state index >= 15 is 0 Å². The molecule has 3 unspecified atom stereocenters. The third kappa shape index (κ3) is 4.63. The second kappa shape index (κ2) is 8.46. The van der Waals surface area contributed by atoms with E-state index in [4.69, 9.17) is 0 Å².